The maximum Gasteiger partial charge on any atom is 0.323 e. The van der Waals surface area contributed by atoms with Crippen LogP contribution in [0.1, 0.15) is 0 Å². The van der Waals surface area contributed by atoms with Crippen LogP contribution in [0.5, 0.6) is 11.5 Å². The lowest BCUT2D eigenvalue weighted by atomic mass is 10.3. The van der Waals surface area contributed by atoms with Crippen LogP contribution in [-0.2, 0) is 0 Å². The highest BCUT2D eigenvalue weighted by Gasteiger charge is 2.14. The molecule has 3 rings (SSSR count). The van der Waals surface area contributed by atoms with Crippen LogP contribution in [0.3, 0.4) is 0 Å². The average Bonchev–Trinajstić information content (AvgIpc) is 2.95. The van der Waals surface area contributed by atoms with Crippen LogP contribution in [0, 0.1) is 0 Å². The highest BCUT2D eigenvalue weighted by molar-refractivity contribution is 5.99. The summed E-state index contributed by atoms with van der Waals surface area (Å²) in [7, 11) is 3.68. The summed E-state index contributed by atoms with van der Waals surface area (Å²) in [5.41, 5.74) is 1.11. The fourth-order valence-corrected chi connectivity index (χ4v) is 1.88. The van der Waals surface area contributed by atoms with Crippen LogP contribution in [0.4, 0.5) is 22.1 Å². The molecular weight excluding hydrogens is 286 g/mol. The Morgan fingerprint density at radius 3 is 2.50 bits per heavy atom. The van der Waals surface area contributed by atoms with Gasteiger partial charge in [-0.3, -0.25) is 0 Å². The Balaban J connectivity index is 1.62. The van der Waals surface area contributed by atoms with Crippen LogP contribution < -0.4 is 25.0 Å². The molecule has 0 spiro atoms. The molecule has 0 radical (unpaired) electrons. The number of carbonyl (C=O) groups excluding carboxylic acids is 1. The third kappa shape index (κ3) is 3.00. The number of ether oxygens (including phenoxy) is 2. The molecule has 0 unspecified atom stereocenters. The molecule has 22 heavy (non-hydrogen) atoms. The first-order chi connectivity index (χ1) is 10.6. The number of benzene rings is 1. The zero-order chi connectivity index (χ0) is 15.5. The number of urea groups is 1. The van der Waals surface area contributed by atoms with Crippen molar-refractivity contribution < 1.29 is 14.3 Å². The van der Waals surface area contributed by atoms with Gasteiger partial charge in [0.25, 0.3) is 0 Å². The molecule has 2 aromatic rings. The summed E-state index contributed by atoms with van der Waals surface area (Å²) < 4.78 is 10.5. The standard InChI is InChI=1S/C14H15N5O3/c1-19(2)13-15-6-10(7-16-13)18-14(20)17-9-3-4-11-12(5-9)22-8-21-11/h3-7H,8H2,1-2H3,(H2,17,18,20). The van der Waals surface area contributed by atoms with E-state index in [0.717, 1.165) is 0 Å². The van der Waals surface area contributed by atoms with E-state index in [0.29, 0.717) is 28.8 Å². The van der Waals surface area contributed by atoms with Crippen molar-refractivity contribution in [2.75, 3.05) is 36.4 Å². The van der Waals surface area contributed by atoms with Crippen LogP contribution >= 0.6 is 0 Å². The molecule has 1 aromatic heterocycles. The maximum atomic E-state index is 11.9. The first-order valence-corrected chi connectivity index (χ1v) is 6.59. The molecule has 0 saturated carbocycles. The van der Waals surface area contributed by atoms with E-state index in [9.17, 15) is 4.79 Å². The Morgan fingerprint density at radius 2 is 1.77 bits per heavy atom. The summed E-state index contributed by atoms with van der Waals surface area (Å²) in [4.78, 5) is 22.0. The van der Waals surface area contributed by atoms with Gasteiger partial charge in [-0.05, 0) is 12.1 Å². The molecule has 0 fully saturated rings. The van der Waals surface area contributed by atoms with Crippen LogP contribution in [0.15, 0.2) is 30.6 Å². The van der Waals surface area contributed by atoms with Gasteiger partial charge in [-0.25, -0.2) is 14.8 Å². The number of nitrogens with zero attached hydrogens (tertiary/aromatic N) is 3. The Bertz CT molecular complexity index is 687. The van der Waals surface area contributed by atoms with Gasteiger partial charge in [-0.1, -0.05) is 0 Å². The highest BCUT2D eigenvalue weighted by atomic mass is 16.7. The molecule has 8 heteroatoms. The molecule has 114 valence electrons. The first kappa shape index (κ1) is 13.9. The summed E-state index contributed by atoms with van der Waals surface area (Å²) in [6.45, 7) is 0.195. The van der Waals surface area contributed by atoms with Crippen molar-refractivity contribution in [3.63, 3.8) is 0 Å². The van der Waals surface area contributed by atoms with Crippen molar-refractivity contribution in [1.29, 1.82) is 0 Å². The van der Waals surface area contributed by atoms with E-state index in [1.54, 1.807) is 35.5 Å². The third-order valence-corrected chi connectivity index (χ3v) is 2.93. The van der Waals surface area contributed by atoms with Gasteiger partial charge in [0, 0.05) is 25.8 Å². The lowest BCUT2D eigenvalue weighted by Crippen LogP contribution is -2.20. The number of nitrogens with one attached hydrogen (secondary N) is 2. The fourth-order valence-electron chi connectivity index (χ4n) is 1.88. The SMILES string of the molecule is CN(C)c1ncc(NC(=O)Nc2ccc3c(c2)OCO3)cn1. The van der Waals surface area contributed by atoms with Gasteiger partial charge in [0.15, 0.2) is 11.5 Å². The summed E-state index contributed by atoms with van der Waals surface area (Å²) in [6.07, 6.45) is 3.09. The molecule has 0 bridgehead atoms. The first-order valence-electron chi connectivity index (χ1n) is 6.59. The lowest BCUT2D eigenvalue weighted by molar-refractivity contribution is 0.174. The van der Waals surface area contributed by atoms with Crippen molar-refractivity contribution in [3.8, 4) is 11.5 Å². The maximum absolute atomic E-state index is 11.9. The molecular formula is C14H15N5O3. The minimum Gasteiger partial charge on any atom is -0.454 e. The Kier molecular flexibility index (Phi) is 3.65. The largest absolute Gasteiger partial charge is 0.454 e. The minimum atomic E-state index is -0.389. The van der Waals surface area contributed by atoms with E-state index in [1.165, 1.54) is 0 Å². The van der Waals surface area contributed by atoms with Crippen LogP contribution in [-0.4, -0.2) is 36.9 Å². The van der Waals surface area contributed by atoms with E-state index in [4.69, 9.17) is 9.47 Å². The van der Waals surface area contributed by atoms with Gasteiger partial charge < -0.3 is 25.0 Å². The molecule has 2 heterocycles. The van der Waals surface area contributed by atoms with E-state index in [1.807, 2.05) is 14.1 Å². The van der Waals surface area contributed by atoms with Gasteiger partial charge in [0.1, 0.15) is 0 Å². The second-order valence-electron chi connectivity index (χ2n) is 4.81. The summed E-state index contributed by atoms with van der Waals surface area (Å²) in [6, 6.07) is 4.79. The number of rotatable bonds is 3. The molecule has 1 aromatic carbocycles. The van der Waals surface area contributed by atoms with Crippen molar-refractivity contribution in [2.45, 2.75) is 0 Å². The molecule has 0 aliphatic carbocycles. The van der Waals surface area contributed by atoms with Crippen molar-refractivity contribution in [1.82, 2.24) is 9.97 Å². The predicted molar refractivity (Wildman–Crippen MR) is 81.6 cm³/mol. The molecule has 0 atom stereocenters. The number of carbonyl (C=O) groups is 1. The van der Waals surface area contributed by atoms with Gasteiger partial charge in [-0.15, -0.1) is 0 Å². The normalized spacial score (nSPS) is 11.9. The number of fused-ring (bicyclic) bond motifs is 1. The Labute approximate surface area is 127 Å². The summed E-state index contributed by atoms with van der Waals surface area (Å²) in [5.74, 6) is 1.84. The van der Waals surface area contributed by atoms with Crippen molar-refractivity contribution in [2.24, 2.45) is 0 Å². The van der Waals surface area contributed by atoms with E-state index in [-0.39, 0.29) is 12.8 Å². The smallest absolute Gasteiger partial charge is 0.323 e. The molecule has 1 aliphatic heterocycles. The fraction of sp³-hybridized carbons (Fsp3) is 0.214. The topological polar surface area (TPSA) is 88.6 Å². The van der Waals surface area contributed by atoms with Gasteiger partial charge in [0.05, 0.1) is 18.1 Å². The van der Waals surface area contributed by atoms with Gasteiger partial charge >= 0.3 is 6.03 Å². The second kappa shape index (κ2) is 5.76. The van der Waals surface area contributed by atoms with Crippen molar-refractivity contribution >= 4 is 23.4 Å². The predicted octanol–water partition coefficient (Wildman–Crippen LogP) is 1.92. The quantitative estimate of drug-likeness (QED) is 0.900. The zero-order valence-electron chi connectivity index (χ0n) is 12.2. The average molecular weight is 301 g/mol. The number of amides is 2. The third-order valence-electron chi connectivity index (χ3n) is 2.93. The Hall–Kier alpha value is -3.03. The highest BCUT2D eigenvalue weighted by Crippen LogP contribution is 2.34. The van der Waals surface area contributed by atoms with Crippen LogP contribution in [0.25, 0.3) is 0 Å². The monoisotopic (exact) mass is 301 g/mol. The summed E-state index contributed by atoms with van der Waals surface area (Å²) >= 11 is 0. The molecule has 2 amide bonds. The second-order valence-corrected chi connectivity index (χ2v) is 4.81. The minimum absolute atomic E-state index is 0.195. The number of anilines is 3. The molecule has 1 aliphatic rings. The number of hydrogen-bond donors (Lipinski definition) is 2. The molecule has 0 saturated heterocycles. The summed E-state index contributed by atoms with van der Waals surface area (Å²) in [5, 5.41) is 5.36. The lowest BCUT2D eigenvalue weighted by Gasteiger charge is -2.11. The Morgan fingerprint density at radius 1 is 1.09 bits per heavy atom. The van der Waals surface area contributed by atoms with Gasteiger partial charge in [-0.2, -0.15) is 0 Å². The van der Waals surface area contributed by atoms with Crippen molar-refractivity contribution in [3.05, 3.63) is 30.6 Å². The zero-order valence-corrected chi connectivity index (χ0v) is 12.2. The molecule has 2 N–H and O–H groups in total. The van der Waals surface area contributed by atoms with E-state index in [2.05, 4.69) is 20.6 Å². The van der Waals surface area contributed by atoms with Gasteiger partial charge in [0.2, 0.25) is 12.7 Å². The van der Waals surface area contributed by atoms with Crippen LogP contribution in [0.2, 0.25) is 0 Å². The van der Waals surface area contributed by atoms with E-state index < -0.39 is 0 Å². The molecule has 8 nitrogen and oxygen atoms in total. The number of aromatic nitrogens is 2. The van der Waals surface area contributed by atoms with E-state index >= 15 is 0 Å². The number of hydrogen-bond acceptors (Lipinski definition) is 6.